The highest BCUT2D eigenvalue weighted by molar-refractivity contribution is 6.00. The minimum atomic E-state index is -0.605. The lowest BCUT2D eigenvalue weighted by atomic mass is 9.90. The summed E-state index contributed by atoms with van der Waals surface area (Å²) in [6, 6.07) is 8.44. The second-order valence-corrected chi connectivity index (χ2v) is 6.45. The van der Waals surface area contributed by atoms with E-state index in [1.54, 1.807) is 35.1 Å². The van der Waals surface area contributed by atoms with Crippen molar-refractivity contribution in [1.82, 2.24) is 9.80 Å². The minimum Gasteiger partial charge on any atom is -0.323 e. The van der Waals surface area contributed by atoms with Gasteiger partial charge in [-0.1, -0.05) is 45.0 Å². The Labute approximate surface area is 126 Å². The third-order valence-corrected chi connectivity index (χ3v) is 3.78. The Morgan fingerprint density at radius 1 is 1.24 bits per heavy atom. The maximum absolute atomic E-state index is 12.9. The van der Waals surface area contributed by atoms with Gasteiger partial charge < -0.3 is 9.80 Å². The van der Waals surface area contributed by atoms with Crippen molar-refractivity contribution in [2.24, 2.45) is 5.41 Å². The maximum Gasteiger partial charge on any atom is 0.256 e. The quantitative estimate of drug-likeness (QED) is 0.784. The molecule has 2 rings (SSSR count). The van der Waals surface area contributed by atoms with Gasteiger partial charge in [-0.2, -0.15) is 0 Å². The van der Waals surface area contributed by atoms with Crippen molar-refractivity contribution in [3.8, 4) is 0 Å². The molecule has 0 spiro atoms. The fraction of sp³-hybridized carbons (Fsp3) is 0.412. The van der Waals surface area contributed by atoms with Gasteiger partial charge in [0.2, 0.25) is 0 Å². The van der Waals surface area contributed by atoms with Crippen LogP contribution in [0.3, 0.4) is 0 Å². The highest BCUT2D eigenvalue weighted by Gasteiger charge is 2.50. The van der Waals surface area contributed by atoms with Crippen molar-refractivity contribution in [2.75, 3.05) is 7.05 Å². The van der Waals surface area contributed by atoms with E-state index >= 15 is 0 Å². The standard InChI is InChI=1S/C17H22N2O2/c1-6-13-15(21)18(5)16(17(2,3)4)19(13)14(20)12-10-8-7-9-11-12/h6-11,13,16H,1H2,2-5H3/t13-,16+/m1/s1. The molecule has 0 N–H and O–H groups in total. The summed E-state index contributed by atoms with van der Waals surface area (Å²) >= 11 is 0. The molecule has 2 amide bonds. The smallest absolute Gasteiger partial charge is 0.256 e. The summed E-state index contributed by atoms with van der Waals surface area (Å²) in [6.07, 6.45) is 1.26. The Morgan fingerprint density at radius 3 is 2.29 bits per heavy atom. The molecular formula is C17H22N2O2. The second kappa shape index (κ2) is 5.35. The molecule has 112 valence electrons. The first-order valence-corrected chi connectivity index (χ1v) is 7.06. The van der Waals surface area contributed by atoms with Crippen molar-refractivity contribution >= 4 is 11.8 Å². The maximum atomic E-state index is 12.9. The summed E-state index contributed by atoms with van der Waals surface area (Å²) < 4.78 is 0. The first-order valence-electron chi connectivity index (χ1n) is 7.06. The molecule has 0 aromatic heterocycles. The van der Waals surface area contributed by atoms with Gasteiger partial charge in [0.15, 0.2) is 0 Å². The van der Waals surface area contributed by atoms with Crippen molar-refractivity contribution in [3.63, 3.8) is 0 Å². The van der Waals surface area contributed by atoms with Crippen molar-refractivity contribution in [2.45, 2.75) is 33.0 Å². The average molecular weight is 286 g/mol. The Balaban J connectivity index is 2.48. The van der Waals surface area contributed by atoms with Gasteiger partial charge in [-0.25, -0.2) is 0 Å². The molecule has 0 aliphatic carbocycles. The van der Waals surface area contributed by atoms with E-state index in [9.17, 15) is 9.59 Å². The van der Waals surface area contributed by atoms with Crippen LogP contribution < -0.4 is 0 Å². The molecule has 4 heteroatoms. The van der Waals surface area contributed by atoms with Crippen LogP contribution in [0.1, 0.15) is 31.1 Å². The first kappa shape index (κ1) is 15.3. The van der Waals surface area contributed by atoms with E-state index in [1.807, 2.05) is 39.0 Å². The molecule has 1 heterocycles. The fourth-order valence-electron chi connectivity index (χ4n) is 2.97. The number of carbonyl (C=O) groups excluding carboxylic acids is 2. The van der Waals surface area contributed by atoms with Crippen LogP contribution in [0.4, 0.5) is 0 Å². The molecule has 1 saturated heterocycles. The lowest BCUT2D eigenvalue weighted by Crippen LogP contribution is -2.50. The molecule has 1 aliphatic rings. The highest BCUT2D eigenvalue weighted by Crippen LogP contribution is 2.35. The largest absolute Gasteiger partial charge is 0.323 e. The van der Waals surface area contributed by atoms with Gasteiger partial charge in [0.1, 0.15) is 12.2 Å². The Morgan fingerprint density at radius 2 is 1.81 bits per heavy atom. The summed E-state index contributed by atoms with van der Waals surface area (Å²) in [5.74, 6) is -0.229. The van der Waals surface area contributed by atoms with Crippen LogP contribution in [0.15, 0.2) is 43.0 Å². The predicted octanol–water partition coefficient (Wildman–Crippen LogP) is 2.53. The van der Waals surface area contributed by atoms with E-state index in [-0.39, 0.29) is 23.4 Å². The van der Waals surface area contributed by atoms with E-state index in [4.69, 9.17) is 0 Å². The molecule has 1 fully saturated rings. The highest BCUT2D eigenvalue weighted by atomic mass is 16.2. The van der Waals surface area contributed by atoms with Crippen molar-refractivity contribution in [3.05, 3.63) is 48.6 Å². The molecule has 2 atom stereocenters. The molecule has 1 aromatic rings. The molecule has 0 radical (unpaired) electrons. The van der Waals surface area contributed by atoms with Crippen LogP contribution in [0.5, 0.6) is 0 Å². The van der Waals surface area contributed by atoms with Crippen molar-refractivity contribution < 1.29 is 9.59 Å². The average Bonchev–Trinajstić information content (AvgIpc) is 2.70. The Hall–Kier alpha value is -2.10. The van der Waals surface area contributed by atoms with E-state index < -0.39 is 6.04 Å². The van der Waals surface area contributed by atoms with E-state index in [0.29, 0.717) is 5.56 Å². The summed E-state index contributed by atoms with van der Waals surface area (Å²) in [4.78, 5) is 28.6. The summed E-state index contributed by atoms with van der Waals surface area (Å²) in [5.41, 5.74) is 0.341. The summed E-state index contributed by atoms with van der Waals surface area (Å²) in [6.45, 7) is 9.81. The number of carbonyl (C=O) groups is 2. The number of likely N-dealkylation sites (N-methyl/N-ethyl adjacent to an activating group) is 1. The van der Waals surface area contributed by atoms with E-state index in [1.165, 1.54) is 0 Å². The zero-order chi connectivity index (χ0) is 15.8. The van der Waals surface area contributed by atoms with Crippen LogP contribution >= 0.6 is 0 Å². The van der Waals surface area contributed by atoms with Crippen LogP contribution in [-0.4, -0.2) is 40.9 Å². The van der Waals surface area contributed by atoms with Gasteiger partial charge in [0.25, 0.3) is 11.8 Å². The normalized spacial score (nSPS) is 22.6. The van der Waals surface area contributed by atoms with Crippen LogP contribution in [-0.2, 0) is 4.79 Å². The fourth-order valence-corrected chi connectivity index (χ4v) is 2.97. The third kappa shape index (κ3) is 2.58. The van der Waals surface area contributed by atoms with Crippen LogP contribution in [0.25, 0.3) is 0 Å². The number of benzene rings is 1. The molecule has 1 aromatic carbocycles. The molecule has 0 bridgehead atoms. The minimum absolute atomic E-state index is 0.0887. The van der Waals surface area contributed by atoms with Gasteiger partial charge in [0, 0.05) is 18.0 Å². The SMILES string of the molecule is C=C[C@@H]1C(=O)N(C)[C@H](C(C)(C)C)N1C(=O)c1ccccc1. The number of nitrogens with zero attached hydrogens (tertiary/aromatic N) is 2. The van der Waals surface area contributed by atoms with Crippen LogP contribution in [0.2, 0.25) is 0 Å². The van der Waals surface area contributed by atoms with Gasteiger partial charge in [-0.15, -0.1) is 6.58 Å². The molecular weight excluding hydrogens is 264 g/mol. The Bertz CT molecular complexity index is 560. The van der Waals surface area contributed by atoms with E-state index in [0.717, 1.165) is 0 Å². The van der Waals surface area contributed by atoms with Crippen molar-refractivity contribution in [1.29, 1.82) is 0 Å². The zero-order valence-electron chi connectivity index (χ0n) is 13.0. The van der Waals surface area contributed by atoms with E-state index in [2.05, 4.69) is 6.58 Å². The van der Waals surface area contributed by atoms with Gasteiger partial charge in [-0.3, -0.25) is 9.59 Å². The number of hydrogen-bond acceptors (Lipinski definition) is 2. The lowest BCUT2D eigenvalue weighted by molar-refractivity contribution is -0.129. The monoisotopic (exact) mass is 286 g/mol. The molecule has 0 saturated carbocycles. The lowest BCUT2D eigenvalue weighted by Gasteiger charge is -2.38. The van der Waals surface area contributed by atoms with Gasteiger partial charge in [0.05, 0.1) is 0 Å². The molecule has 1 aliphatic heterocycles. The van der Waals surface area contributed by atoms with Gasteiger partial charge >= 0.3 is 0 Å². The predicted molar refractivity (Wildman–Crippen MR) is 82.6 cm³/mol. The number of amides is 2. The topological polar surface area (TPSA) is 40.6 Å². The summed E-state index contributed by atoms with van der Waals surface area (Å²) in [7, 11) is 1.74. The van der Waals surface area contributed by atoms with Crippen LogP contribution in [0, 0.1) is 5.41 Å². The van der Waals surface area contributed by atoms with Gasteiger partial charge in [-0.05, 0) is 12.1 Å². The number of rotatable bonds is 2. The summed E-state index contributed by atoms with van der Waals surface area (Å²) in [5, 5.41) is 0. The second-order valence-electron chi connectivity index (χ2n) is 6.45. The third-order valence-electron chi connectivity index (χ3n) is 3.78. The Kier molecular flexibility index (Phi) is 3.90. The first-order chi connectivity index (χ1) is 9.79. The zero-order valence-corrected chi connectivity index (χ0v) is 13.0. The molecule has 0 unspecified atom stereocenters. The molecule has 21 heavy (non-hydrogen) atoms. The number of hydrogen-bond donors (Lipinski definition) is 0. The molecule has 4 nitrogen and oxygen atoms in total.